The molecule has 1 saturated carbocycles. The van der Waals surface area contributed by atoms with E-state index in [2.05, 4.69) is 15.0 Å². The smallest absolute Gasteiger partial charge is 0.241 e. The number of nitrogens with one attached hydrogen (secondary N) is 2. The van der Waals surface area contributed by atoms with Crippen molar-refractivity contribution in [3.63, 3.8) is 0 Å². The predicted octanol–water partition coefficient (Wildman–Crippen LogP) is 1.36. The summed E-state index contributed by atoms with van der Waals surface area (Å²) in [6.45, 7) is 2.63. The van der Waals surface area contributed by atoms with Gasteiger partial charge in [-0.05, 0) is 32.3 Å². The molecule has 6 nitrogen and oxygen atoms in total. The van der Waals surface area contributed by atoms with E-state index < -0.39 is 10.0 Å². The second-order valence-corrected chi connectivity index (χ2v) is 6.55. The molecule has 0 bridgehead atoms. The zero-order valence-corrected chi connectivity index (χ0v) is 12.6. The average molecular weight is 299 g/mol. The van der Waals surface area contributed by atoms with Gasteiger partial charge in [0, 0.05) is 32.0 Å². The van der Waals surface area contributed by atoms with E-state index in [9.17, 15) is 8.42 Å². The topological polar surface area (TPSA) is 80.3 Å². The molecule has 112 valence electrons. The molecular formula is C13H21N3O3S. The first-order valence-electron chi connectivity index (χ1n) is 6.82. The SMILES string of the molecule is CCNc1cc(S(=O)(=O)NC2CCCC2OC)ccn1. The van der Waals surface area contributed by atoms with Gasteiger partial charge in [-0.2, -0.15) is 0 Å². The van der Waals surface area contributed by atoms with Crippen LogP contribution in [0.5, 0.6) is 0 Å². The molecule has 1 heterocycles. The summed E-state index contributed by atoms with van der Waals surface area (Å²) < 4.78 is 32.8. The molecule has 0 aromatic carbocycles. The number of rotatable bonds is 6. The van der Waals surface area contributed by atoms with E-state index in [1.54, 1.807) is 13.2 Å². The van der Waals surface area contributed by atoms with E-state index >= 15 is 0 Å². The maximum absolute atomic E-state index is 12.4. The van der Waals surface area contributed by atoms with E-state index in [0.717, 1.165) is 19.3 Å². The predicted molar refractivity (Wildman–Crippen MR) is 77.2 cm³/mol. The molecule has 0 radical (unpaired) electrons. The zero-order chi connectivity index (χ0) is 14.6. The van der Waals surface area contributed by atoms with Crippen LogP contribution in [-0.2, 0) is 14.8 Å². The molecule has 0 saturated heterocycles. The number of pyridine rings is 1. The van der Waals surface area contributed by atoms with Gasteiger partial charge in [-0.3, -0.25) is 0 Å². The largest absolute Gasteiger partial charge is 0.380 e. The average Bonchev–Trinajstić information content (AvgIpc) is 2.86. The molecule has 0 amide bonds. The van der Waals surface area contributed by atoms with Crippen molar-refractivity contribution in [1.29, 1.82) is 0 Å². The van der Waals surface area contributed by atoms with Gasteiger partial charge in [-0.15, -0.1) is 0 Å². The fraction of sp³-hybridized carbons (Fsp3) is 0.615. The fourth-order valence-electron chi connectivity index (χ4n) is 2.47. The van der Waals surface area contributed by atoms with E-state index in [-0.39, 0.29) is 17.0 Å². The molecule has 0 aliphatic heterocycles. The van der Waals surface area contributed by atoms with Gasteiger partial charge in [0.2, 0.25) is 10.0 Å². The maximum atomic E-state index is 12.4. The van der Waals surface area contributed by atoms with E-state index in [0.29, 0.717) is 12.4 Å². The van der Waals surface area contributed by atoms with Crippen molar-refractivity contribution in [3.05, 3.63) is 18.3 Å². The fourth-order valence-corrected chi connectivity index (χ4v) is 3.78. The van der Waals surface area contributed by atoms with Gasteiger partial charge in [0.25, 0.3) is 0 Å². The Hall–Kier alpha value is -1.18. The normalized spacial score (nSPS) is 22.9. The van der Waals surface area contributed by atoms with Gasteiger partial charge >= 0.3 is 0 Å². The van der Waals surface area contributed by atoms with Crippen molar-refractivity contribution in [2.45, 2.75) is 43.2 Å². The Morgan fingerprint density at radius 1 is 1.45 bits per heavy atom. The Balaban J connectivity index is 2.15. The van der Waals surface area contributed by atoms with Crippen molar-refractivity contribution < 1.29 is 13.2 Å². The highest BCUT2D eigenvalue weighted by Crippen LogP contribution is 2.23. The van der Waals surface area contributed by atoms with Gasteiger partial charge in [0.15, 0.2) is 0 Å². The van der Waals surface area contributed by atoms with Crippen LogP contribution in [0.15, 0.2) is 23.2 Å². The van der Waals surface area contributed by atoms with Gasteiger partial charge < -0.3 is 10.1 Å². The summed E-state index contributed by atoms with van der Waals surface area (Å²) in [6, 6.07) is 2.89. The van der Waals surface area contributed by atoms with E-state index in [4.69, 9.17) is 4.74 Å². The molecular weight excluding hydrogens is 278 g/mol. The van der Waals surface area contributed by atoms with Gasteiger partial charge in [0.05, 0.1) is 11.0 Å². The Morgan fingerprint density at radius 2 is 2.25 bits per heavy atom. The first kappa shape index (κ1) is 15.2. The molecule has 0 spiro atoms. The number of anilines is 1. The third kappa shape index (κ3) is 3.47. The lowest BCUT2D eigenvalue weighted by Crippen LogP contribution is -2.40. The number of methoxy groups -OCH3 is 1. The Labute approximate surface area is 120 Å². The second-order valence-electron chi connectivity index (χ2n) is 4.84. The summed E-state index contributed by atoms with van der Waals surface area (Å²) in [5, 5.41) is 3.01. The number of sulfonamides is 1. The summed E-state index contributed by atoms with van der Waals surface area (Å²) in [4.78, 5) is 4.30. The molecule has 7 heteroatoms. The molecule has 2 N–H and O–H groups in total. The number of hydrogen-bond acceptors (Lipinski definition) is 5. The van der Waals surface area contributed by atoms with Crippen LogP contribution in [0, 0.1) is 0 Å². The van der Waals surface area contributed by atoms with Crippen LogP contribution in [0.3, 0.4) is 0 Å². The van der Waals surface area contributed by atoms with E-state index in [1.165, 1.54) is 12.3 Å². The summed E-state index contributed by atoms with van der Waals surface area (Å²) in [7, 11) is -1.92. The first-order valence-corrected chi connectivity index (χ1v) is 8.30. The van der Waals surface area contributed by atoms with Crippen molar-refractivity contribution in [2.24, 2.45) is 0 Å². The number of ether oxygens (including phenoxy) is 1. The minimum atomic E-state index is -3.54. The quantitative estimate of drug-likeness (QED) is 0.829. The monoisotopic (exact) mass is 299 g/mol. The number of hydrogen-bond donors (Lipinski definition) is 2. The highest BCUT2D eigenvalue weighted by molar-refractivity contribution is 7.89. The van der Waals surface area contributed by atoms with Crippen LogP contribution in [0.25, 0.3) is 0 Å². The van der Waals surface area contributed by atoms with Gasteiger partial charge in [-0.1, -0.05) is 0 Å². The minimum absolute atomic E-state index is 0.0418. The molecule has 1 aliphatic rings. The third-order valence-electron chi connectivity index (χ3n) is 3.46. The van der Waals surface area contributed by atoms with Crippen LogP contribution >= 0.6 is 0 Å². The van der Waals surface area contributed by atoms with Crippen molar-refractivity contribution in [3.8, 4) is 0 Å². The number of nitrogens with zero attached hydrogens (tertiary/aromatic N) is 1. The highest BCUT2D eigenvalue weighted by atomic mass is 32.2. The molecule has 1 aliphatic carbocycles. The summed E-state index contributed by atoms with van der Waals surface area (Å²) in [5.74, 6) is 0.560. The van der Waals surface area contributed by atoms with Crippen LogP contribution < -0.4 is 10.0 Å². The van der Waals surface area contributed by atoms with Crippen molar-refractivity contribution in [2.75, 3.05) is 19.0 Å². The summed E-state index contributed by atoms with van der Waals surface area (Å²) in [6.07, 6.45) is 4.13. The van der Waals surface area contributed by atoms with Crippen LogP contribution in [0.2, 0.25) is 0 Å². The second kappa shape index (κ2) is 6.51. The Bertz CT molecular complexity index is 548. The molecule has 2 atom stereocenters. The first-order chi connectivity index (χ1) is 9.56. The molecule has 1 aromatic rings. The van der Waals surface area contributed by atoms with Gasteiger partial charge in [-0.25, -0.2) is 18.1 Å². The van der Waals surface area contributed by atoms with Crippen LogP contribution in [-0.4, -0.2) is 39.2 Å². The lowest BCUT2D eigenvalue weighted by atomic mass is 10.2. The molecule has 1 fully saturated rings. The lowest BCUT2D eigenvalue weighted by Gasteiger charge is -2.19. The molecule has 2 unspecified atom stereocenters. The minimum Gasteiger partial charge on any atom is -0.380 e. The van der Waals surface area contributed by atoms with Crippen LogP contribution in [0.1, 0.15) is 26.2 Å². The summed E-state index contributed by atoms with van der Waals surface area (Å²) in [5.41, 5.74) is 0. The van der Waals surface area contributed by atoms with Crippen molar-refractivity contribution >= 4 is 15.8 Å². The zero-order valence-electron chi connectivity index (χ0n) is 11.8. The standard InChI is InChI=1S/C13H21N3O3S/c1-3-14-13-9-10(7-8-15-13)20(17,18)16-11-5-4-6-12(11)19-2/h7-9,11-12,16H,3-6H2,1-2H3,(H,14,15). The molecule has 2 rings (SSSR count). The van der Waals surface area contributed by atoms with Crippen LogP contribution in [0.4, 0.5) is 5.82 Å². The Morgan fingerprint density at radius 3 is 2.95 bits per heavy atom. The maximum Gasteiger partial charge on any atom is 0.241 e. The number of aromatic nitrogens is 1. The highest BCUT2D eigenvalue weighted by Gasteiger charge is 2.31. The lowest BCUT2D eigenvalue weighted by molar-refractivity contribution is 0.0916. The Kier molecular flexibility index (Phi) is 4.95. The molecule has 20 heavy (non-hydrogen) atoms. The van der Waals surface area contributed by atoms with Crippen molar-refractivity contribution in [1.82, 2.24) is 9.71 Å². The third-order valence-corrected chi connectivity index (χ3v) is 4.95. The van der Waals surface area contributed by atoms with E-state index in [1.807, 2.05) is 6.92 Å². The van der Waals surface area contributed by atoms with Gasteiger partial charge in [0.1, 0.15) is 5.82 Å². The summed E-state index contributed by atoms with van der Waals surface area (Å²) >= 11 is 0. The molecule has 1 aromatic heterocycles.